The topological polar surface area (TPSA) is 139 Å². The quantitative estimate of drug-likeness (QED) is 0.402. The zero-order valence-corrected chi connectivity index (χ0v) is 10.8. The van der Waals surface area contributed by atoms with E-state index in [9.17, 15) is 19.5 Å². The van der Waals surface area contributed by atoms with Crippen LogP contribution in [0.4, 0.5) is 0 Å². The molecule has 0 saturated carbocycles. The molecule has 2 heterocycles. The van der Waals surface area contributed by atoms with E-state index in [0.29, 0.717) is 0 Å². The average molecular weight is 270 g/mol. The number of carbonyl (C=O) groups excluding carboxylic acids is 3. The second-order valence-corrected chi connectivity index (χ2v) is 5.30. The molecule has 0 aromatic carbocycles. The van der Waals surface area contributed by atoms with Gasteiger partial charge >= 0.3 is 0 Å². The van der Waals surface area contributed by atoms with Crippen LogP contribution in [-0.4, -0.2) is 58.0 Å². The summed E-state index contributed by atoms with van der Waals surface area (Å²) in [4.78, 5) is 36.3. The maximum Gasteiger partial charge on any atom is 0.251 e. The summed E-state index contributed by atoms with van der Waals surface area (Å²) in [7, 11) is 0. The number of aliphatic hydroxyl groups is 1. The van der Waals surface area contributed by atoms with Crippen molar-refractivity contribution in [2.75, 3.05) is 6.54 Å². The molecule has 2 aliphatic heterocycles. The van der Waals surface area contributed by atoms with Crippen LogP contribution in [0, 0.1) is 5.92 Å². The number of aliphatic hydroxyl groups excluding tert-OH is 1. The molecule has 2 aliphatic rings. The van der Waals surface area contributed by atoms with Gasteiger partial charge in [-0.3, -0.25) is 14.4 Å². The molecule has 2 fully saturated rings. The van der Waals surface area contributed by atoms with E-state index in [-0.39, 0.29) is 18.4 Å². The maximum absolute atomic E-state index is 12.3. The Morgan fingerprint density at radius 3 is 2.47 bits per heavy atom. The Kier molecular flexibility index (Phi) is 3.02. The molecule has 0 radical (unpaired) electrons. The maximum atomic E-state index is 12.3. The monoisotopic (exact) mass is 270 g/mol. The van der Waals surface area contributed by atoms with E-state index in [1.807, 2.05) is 0 Å². The van der Waals surface area contributed by atoms with Crippen LogP contribution in [0.5, 0.6) is 0 Å². The highest BCUT2D eigenvalue weighted by Crippen LogP contribution is 2.37. The second kappa shape index (κ2) is 4.17. The van der Waals surface area contributed by atoms with Crippen molar-refractivity contribution in [3.63, 3.8) is 0 Å². The number of primary amides is 1. The van der Waals surface area contributed by atoms with Crippen molar-refractivity contribution >= 4 is 17.7 Å². The summed E-state index contributed by atoms with van der Waals surface area (Å²) < 4.78 is 0. The molecule has 5 atom stereocenters. The molecule has 2 rings (SSSR count). The highest BCUT2D eigenvalue weighted by molar-refractivity contribution is 6.03. The third-order valence-corrected chi connectivity index (χ3v) is 4.11. The number of rotatable bonds is 3. The number of carbonyl (C=O) groups is 3. The molecule has 1 spiro atoms. The standard InChI is InChI=1S/C11H18N4O4/c1-4-6(12)9(18)14-11(4)3-15(10(11)19)7(5(2)16)8(13)17/h4-7,16H,3,12H2,1-2H3,(H2,13,17)(H,14,18)/t4-,5+,6?,7-,11?/m0/s1. The summed E-state index contributed by atoms with van der Waals surface area (Å²) >= 11 is 0. The molecular weight excluding hydrogens is 252 g/mol. The fraction of sp³-hybridized carbons (Fsp3) is 0.727. The Morgan fingerprint density at radius 1 is 1.58 bits per heavy atom. The van der Waals surface area contributed by atoms with Crippen LogP contribution in [0.2, 0.25) is 0 Å². The van der Waals surface area contributed by atoms with Crippen molar-refractivity contribution in [2.24, 2.45) is 17.4 Å². The molecule has 3 amide bonds. The Bertz CT molecular complexity index is 452. The molecule has 8 heteroatoms. The van der Waals surface area contributed by atoms with Crippen LogP contribution in [0.15, 0.2) is 0 Å². The van der Waals surface area contributed by atoms with Crippen molar-refractivity contribution < 1.29 is 19.5 Å². The minimum Gasteiger partial charge on any atom is -0.391 e. The van der Waals surface area contributed by atoms with E-state index >= 15 is 0 Å². The zero-order valence-electron chi connectivity index (χ0n) is 10.8. The lowest BCUT2D eigenvalue weighted by Crippen LogP contribution is -2.78. The summed E-state index contributed by atoms with van der Waals surface area (Å²) in [5.41, 5.74) is 9.81. The lowest BCUT2D eigenvalue weighted by atomic mass is 9.76. The largest absolute Gasteiger partial charge is 0.391 e. The van der Waals surface area contributed by atoms with E-state index in [1.54, 1.807) is 6.92 Å². The van der Waals surface area contributed by atoms with Gasteiger partial charge in [-0.1, -0.05) is 6.92 Å². The first-order chi connectivity index (χ1) is 8.72. The van der Waals surface area contributed by atoms with Crippen molar-refractivity contribution in [3.8, 4) is 0 Å². The van der Waals surface area contributed by atoms with E-state index in [1.165, 1.54) is 11.8 Å². The number of hydrogen-bond donors (Lipinski definition) is 4. The number of nitrogens with zero attached hydrogens (tertiary/aromatic N) is 1. The summed E-state index contributed by atoms with van der Waals surface area (Å²) in [5.74, 6) is -1.95. The number of nitrogens with two attached hydrogens (primary N) is 2. The number of nitrogens with one attached hydrogen (secondary N) is 1. The minimum atomic E-state index is -1.08. The molecule has 0 aromatic heterocycles. The van der Waals surface area contributed by atoms with Gasteiger partial charge in [-0.05, 0) is 6.92 Å². The molecule has 2 unspecified atom stereocenters. The van der Waals surface area contributed by atoms with Gasteiger partial charge in [-0.15, -0.1) is 0 Å². The van der Waals surface area contributed by atoms with Gasteiger partial charge in [0.25, 0.3) is 5.91 Å². The van der Waals surface area contributed by atoms with Gasteiger partial charge in [-0.25, -0.2) is 0 Å². The van der Waals surface area contributed by atoms with E-state index in [0.717, 1.165) is 0 Å². The predicted octanol–water partition coefficient (Wildman–Crippen LogP) is -3.10. The second-order valence-electron chi connectivity index (χ2n) is 5.30. The van der Waals surface area contributed by atoms with E-state index in [4.69, 9.17) is 11.5 Å². The van der Waals surface area contributed by atoms with Crippen molar-refractivity contribution in [1.29, 1.82) is 0 Å². The SMILES string of the molecule is C[C@@H](O)[C@@H](C(N)=O)N1CC2(NC(=O)C(N)[C@@H]2C)C1=O. The molecule has 0 bridgehead atoms. The minimum absolute atomic E-state index is 0.130. The van der Waals surface area contributed by atoms with Crippen molar-refractivity contribution in [1.82, 2.24) is 10.2 Å². The number of likely N-dealkylation sites (tertiary alicyclic amines) is 1. The summed E-state index contributed by atoms with van der Waals surface area (Å²) in [6, 6.07) is -1.83. The van der Waals surface area contributed by atoms with Crippen LogP contribution >= 0.6 is 0 Å². The van der Waals surface area contributed by atoms with Crippen molar-refractivity contribution in [3.05, 3.63) is 0 Å². The van der Waals surface area contributed by atoms with E-state index in [2.05, 4.69) is 5.32 Å². The molecule has 2 saturated heterocycles. The van der Waals surface area contributed by atoms with E-state index < -0.39 is 35.5 Å². The van der Waals surface area contributed by atoms with Crippen LogP contribution in [-0.2, 0) is 14.4 Å². The Hall–Kier alpha value is -1.67. The first-order valence-corrected chi connectivity index (χ1v) is 6.08. The molecule has 8 nitrogen and oxygen atoms in total. The smallest absolute Gasteiger partial charge is 0.251 e. The Morgan fingerprint density at radius 2 is 2.16 bits per heavy atom. The van der Waals surface area contributed by atoms with Gasteiger partial charge in [0.15, 0.2) is 0 Å². The molecule has 106 valence electrons. The highest BCUT2D eigenvalue weighted by Gasteiger charge is 2.64. The Balaban J connectivity index is 2.20. The molecule has 6 N–H and O–H groups in total. The van der Waals surface area contributed by atoms with Gasteiger partial charge in [0.2, 0.25) is 11.8 Å². The average Bonchev–Trinajstić information content (AvgIpc) is 2.54. The third kappa shape index (κ3) is 1.71. The molecule has 0 aromatic rings. The van der Waals surface area contributed by atoms with Gasteiger partial charge in [0.05, 0.1) is 18.7 Å². The van der Waals surface area contributed by atoms with Crippen LogP contribution in [0.25, 0.3) is 0 Å². The van der Waals surface area contributed by atoms with Gasteiger partial charge < -0.3 is 26.8 Å². The first-order valence-electron chi connectivity index (χ1n) is 6.08. The van der Waals surface area contributed by atoms with Gasteiger partial charge in [0, 0.05) is 5.92 Å². The molecule has 19 heavy (non-hydrogen) atoms. The zero-order chi connectivity index (χ0) is 14.5. The summed E-state index contributed by atoms with van der Waals surface area (Å²) in [6.45, 7) is 3.22. The van der Waals surface area contributed by atoms with Crippen LogP contribution in [0.3, 0.4) is 0 Å². The predicted molar refractivity (Wildman–Crippen MR) is 64.4 cm³/mol. The summed E-state index contributed by atoms with van der Waals surface area (Å²) in [6.07, 6.45) is -1.07. The lowest BCUT2D eigenvalue weighted by Gasteiger charge is -2.51. The normalized spacial score (nSPS) is 36.9. The fourth-order valence-corrected chi connectivity index (χ4v) is 2.83. The fourth-order valence-electron chi connectivity index (χ4n) is 2.83. The van der Waals surface area contributed by atoms with Gasteiger partial charge in [0.1, 0.15) is 11.6 Å². The van der Waals surface area contributed by atoms with Crippen LogP contribution < -0.4 is 16.8 Å². The number of β-lactam (4-membered cyclic amide) rings is 1. The Labute approximate surface area is 110 Å². The molecule has 0 aliphatic carbocycles. The van der Waals surface area contributed by atoms with Gasteiger partial charge in [-0.2, -0.15) is 0 Å². The number of amides is 3. The summed E-state index contributed by atoms with van der Waals surface area (Å²) in [5, 5.41) is 12.1. The van der Waals surface area contributed by atoms with Crippen molar-refractivity contribution in [2.45, 2.75) is 37.6 Å². The first kappa shape index (κ1) is 13.8. The highest BCUT2D eigenvalue weighted by atomic mass is 16.3. The molecular formula is C11H18N4O4. The third-order valence-electron chi connectivity index (χ3n) is 4.11. The van der Waals surface area contributed by atoms with Crippen LogP contribution in [0.1, 0.15) is 13.8 Å². The lowest BCUT2D eigenvalue weighted by molar-refractivity contribution is -0.166. The number of hydrogen-bond acceptors (Lipinski definition) is 5.